The molecule has 1 atom stereocenters. The first kappa shape index (κ1) is 21.8. The number of ether oxygens (including phenoxy) is 1. The maximum Gasteiger partial charge on any atom is 0.258 e. The lowest BCUT2D eigenvalue weighted by Crippen LogP contribution is -2.39. The SMILES string of the molecule is C[C@H]1CCCN(Cc2ccccc2CNC(=O)CNC(=O)COc2ccccc2)C1. The van der Waals surface area contributed by atoms with Crippen molar-refractivity contribution in [2.45, 2.75) is 32.9 Å². The van der Waals surface area contributed by atoms with Gasteiger partial charge in [0.15, 0.2) is 6.61 Å². The molecule has 1 aliphatic heterocycles. The predicted molar refractivity (Wildman–Crippen MR) is 117 cm³/mol. The molecule has 0 aromatic heterocycles. The molecule has 1 aliphatic rings. The summed E-state index contributed by atoms with van der Waals surface area (Å²) in [6.45, 7) is 5.73. The van der Waals surface area contributed by atoms with E-state index in [0.717, 1.165) is 31.1 Å². The summed E-state index contributed by atoms with van der Waals surface area (Å²) in [5.41, 5.74) is 2.36. The molecule has 1 fully saturated rings. The maximum atomic E-state index is 12.2. The van der Waals surface area contributed by atoms with Crippen LogP contribution in [-0.4, -0.2) is 43.0 Å². The average Bonchev–Trinajstić information content (AvgIpc) is 2.76. The van der Waals surface area contributed by atoms with Crippen LogP contribution in [0.4, 0.5) is 0 Å². The predicted octanol–water partition coefficient (Wildman–Crippen LogP) is 2.73. The highest BCUT2D eigenvalue weighted by atomic mass is 16.5. The van der Waals surface area contributed by atoms with E-state index < -0.39 is 0 Å². The molecule has 30 heavy (non-hydrogen) atoms. The van der Waals surface area contributed by atoms with E-state index in [-0.39, 0.29) is 25.0 Å². The number of likely N-dealkylation sites (tertiary alicyclic amines) is 1. The molecule has 0 radical (unpaired) electrons. The van der Waals surface area contributed by atoms with Gasteiger partial charge >= 0.3 is 0 Å². The van der Waals surface area contributed by atoms with Crippen LogP contribution in [0.3, 0.4) is 0 Å². The Kier molecular flexibility index (Phi) is 8.27. The summed E-state index contributed by atoms with van der Waals surface area (Å²) in [6, 6.07) is 17.3. The number of hydrogen-bond acceptors (Lipinski definition) is 4. The average molecular weight is 410 g/mol. The molecule has 6 heteroatoms. The van der Waals surface area contributed by atoms with E-state index in [2.05, 4.69) is 34.6 Å². The van der Waals surface area contributed by atoms with Gasteiger partial charge in [-0.15, -0.1) is 0 Å². The molecule has 0 spiro atoms. The number of para-hydroxylation sites is 1. The molecule has 6 nitrogen and oxygen atoms in total. The van der Waals surface area contributed by atoms with Crippen LogP contribution in [0.25, 0.3) is 0 Å². The van der Waals surface area contributed by atoms with E-state index in [1.54, 1.807) is 12.1 Å². The summed E-state index contributed by atoms with van der Waals surface area (Å²) >= 11 is 0. The Balaban J connectivity index is 1.40. The lowest BCUT2D eigenvalue weighted by atomic mass is 9.99. The van der Waals surface area contributed by atoms with Crippen molar-refractivity contribution in [1.29, 1.82) is 0 Å². The summed E-state index contributed by atoms with van der Waals surface area (Å²) < 4.78 is 5.38. The monoisotopic (exact) mass is 409 g/mol. The Hall–Kier alpha value is -2.86. The van der Waals surface area contributed by atoms with Gasteiger partial charge in [-0.1, -0.05) is 49.4 Å². The minimum Gasteiger partial charge on any atom is -0.484 e. The summed E-state index contributed by atoms with van der Waals surface area (Å²) in [7, 11) is 0. The molecule has 1 heterocycles. The summed E-state index contributed by atoms with van der Waals surface area (Å²) in [6.07, 6.45) is 2.55. The Bertz CT molecular complexity index is 825. The number of piperidine rings is 1. The van der Waals surface area contributed by atoms with E-state index in [9.17, 15) is 9.59 Å². The fourth-order valence-electron chi connectivity index (χ4n) is 3.71. The number of carbonyl (C=O) groups excluding carboxylic acids is 2. The molecular formula is C24H31N3O3. The zero-order chi connectivity index (χ0) is 21.2. The van der Waals surface area contributed by atoms with Crippen molar-refractivity contribution in [2.24, 2.45) is 5.92 Å². The van der Waals surface area contributed by atoms with Crippen LogP contribution >= 0.6 is 0 Å². The molecule has 160 valence electrons. The van der Waals surface area contributed by atoms with E-state index in [1.165, 1.54) is 18.4 Å². The third-order valence-electron chi connectivity index (χ3n) is 5.29. The number of rotatable bonds is 9. The van der Waals surface area contributed by atoms with Crippen LogP contribution in [-0.2, 0) is 22.7 Å². The molecule has 1 saturated heterocycles. The Morgan fingerprint density at radius 3 is 2.50 bits per heavy atom. The van der Waals surface area contributed by atoms with Crippen LogP contribution in [0.1, 0.15) is 30.9 Å². The molecule has 0 saturated carbocycles. The molecule has 0 bridgehead atoms. The van der Waals surface area contributed by atoms with Crippen LogP contribution in [0.15, 0.2) is 54.6 Å². The molecule has 0 unspecified atom stereocenters. The van der Waals surface area contributed by atoms with Gasteiger partial charge in [0, 0.05) is 19.6 Å². The van der Waals surface area contributed by atoms with Gasteiger partial charge in [-0.25, -0.2) is 0 Å². The minimum atomic E-state index is -0.325. The fourth-order valence-corrected chi connectivity index (χ4v) is 3.71. The third kappa shape index (κ3) is 7.19. The van der Waals surface area contributed by atoms with Crippen molar-refractivity contribution in [1.82, 2.24) is 15.5 Å². The van der Waals surface area contributed by atoms with Crippen molar-refractivity contribution in [3.05, 3.63) is 65.7 Å². The second-order valence-corrected chi connectivity index (χ2v) is 7.91. The van der Waals surface area contributed by atoms with Crippen molar-refractivity contribution >= 4 is 11.8 Å². The maximum absolute atomic E-state index is 12.2. The lowest BCUT2D eigenvalue weighted by Gasteiger charge is -2.31. The topological polar surface area (TPSA) is 70.7 Å². The van der Waals surface area contributed by atoms with E-state index >= 15 is 0 Å². The lowest BCUT2D eigenvalue weighted by molar-refractivity contribution is -0.127. The molecule has 2 aromatic rings. The first-order valence-electron chi connectivity index (χ1n) is 10.6. The molecule has 2 amide bonds. The zero-order valence-electron chi connectivity index (χ0n) is 17.6. The second-order valence-electron chi connectivity index (χ2n) is 7.91. The zero-order valence-corrected chi connectivity index (χ0v) is 17.6. The number of nitrogens with one attached hydrogen (secondary N) is 2. The van der Waals surface area contributed by atoms with Gasteiger partial charge in [0.1, 0.15) is 5.75 Å². The number of benzene rings is 2. The number of hydrogen-bond donors (Lipinski definition) is 2. The van der Waals surface area contributed by atoms with Gasteiger partial charge in [-0.3, -0.25) is 14.5 Å². The van der Waals surface area contributed by atoms with Gasteiger partial charge in [0.05, 0.1) is 6.54 Å². The number of nitrogens with zero attached hydrogens (tertiary/aromatic N) is 1. The quantitative estimate of drug-likeness (QED) is 0.668. The highest BCUT2D eigenvalue weighted by molar-refractivity contribution is 5.85. The van der Waals surface area contributed by atoms with Crippen LogP contribution in [0.5, 0.6) is 5.75 Å². The van der Waals surface area contributed by atoms with Crippen LogP contribution < -0.4 is 15.4 Å². The van der Waals surface area contributed by atoms with Crippen molar-refractivity contribution in [3.63, 3.8) is 0 Å². The standard InChI is InChI=1S/C24H31N3O3/c1-19-8-7-13-27(16-19)17-21-10-6-5-9-20(21)14-25-23(28)15-26-24(29)18-30-22-11-3-2-4-12-22/h2-6,9-12,19H,7-8,13-18H2,1H3,(H,25,28)(H,26,29)/t19-/m0/s1. The second kappa shape index (κ2) is 11.4. The Labute approximate surface area is 178 Å². The molecule has 2 aromatic carbocycles. The smallest absolute Gasteiger partial charge is 0.258 e. The highest BCUT2D eigenvalue weighted by Gasteiger charge is 2.17. The van der Waals surface area contributed by atoms with Gasteiger partial charge < -0.3 is 15.4 Å². The Morgan fingerprint density at radius 1 is 1.00 bits per heavy atom. The first-order valence-corrected chi connectivity index (χ1v) is 10.6. The van der Waals surface area contributed by atoms with Crippen molar-refractivity contribution in [2.75, 3.05) is 26.2 Å². The van der Waals surface area contributed by atoms with Crippen molar-refractivity contribution in [3.8, 4) is 5.75 Å². The van der Waals surface area contributed by atoms with E-state index in [0.29, 0.717) is 12.3 Å². The Morgan fingerprint density at radius 2 is 1.73 bits per heavy atom. The largest absolute Gasteiger partial charge is 0.484 e. The van der Waals surface area contributed by atoms with Crippen LogP contribution in [0, 0.1) is 5.92 Å². The van der Waals surface area contributed by atoms with Gasteiger partial charge in [-0.2, -0.15) is 0 Å². The van der Waals surface area contributed by atoms with Gasteiger partial charge in [-0.05, 0) is 48.6 Å². The van der Waals surface area contributed by atoms with Crippen molar-refractivity contribution < 1.29 is 14.3 Å². The third-order valence-corrected chi connectivity index (χ3v) is 5.29. The summed E-state index contributed by atoms with van der Waals surface area (Å²) in [5.74, 6) is 0.815. The highest BCUT2D eigenvalue weighted by Crippen LogP contribution is 2.19. The number of amides is 2. The first-order chi connectivity index (χ1) is 14.6. The molecule has 3 rings (SSSR count). The van der Waals surface area contributed by atoms with Gasteiger partial charge in [0.2, 0.25) is 5.91 Å². The molecule has 0 aliphatic carbocycles. The van der Waals surface area contributed by atoms with Gasteiger partial charge in [0.25, 0.3) is 5.91 Å². The minimum absolute atomic E-state index is 0.0667. The fraction of sp³-hybridized carbons (Fsp3) is 0.417. The molecule has 2 N–H and O–H groups in total. The number of carbonyl (C=O) groups is 2. The summed E-state index contributed by atoms with van der Waals surface area (Å²) in [5, 5.41) is 5.49. The van der Waals surface area contributed by atoms with E-state index in [4.69, 9.17) is 4.74 Å². The molecular weight excluding hydrogens is 378 g/mol. The van der Waals surface area contributed by atoms with Crippen LogP contribution in [0.2, 0.25) is 0 Å². The van der Waals surface area contributed by atoms with E-state index in [1.807, 2.05) is 30.3 Å². The summed E-state index contributed by atoms with van der Waals surface area (Å²) in [4.78, 5) is 26.5. The normalized spacial score (nSPS) is 16.6.